The van der Waals surface area contributed by atoms with Crippen LogP contribution in [0.15, 0.2) is 30.3 Å². The maximum absolute atomic E-state index is 15.5. The van der Waals surface area contributed by atoms with Gasteiger partial charge in [-0.2, -0.15) is 13.2 Å². The predicted octanol–water partition coefficient (Wildman–Crippen LogP) is 7.42. The van der Waals surface area contributed by atoms with Crippen LogP contribution in [0.2, 0.25) is 0 Å². The number of carbonyl (C=O) groups is 2. The van der Waals surface area contributed by atoms with Crippen LogP contribution in [0.3, 0.4) is 0 Å². The van der Waals surface area contributed by atoms with Crippen molar-refractivity contribution >= 4 is 51.5 Å². The highest BCUT2D eigenvalue weighted by molar-refractivity contribution is 14.1. The molecule has 0 aromatic heterocycles. The number of carbonyl (C=O) groups excluding carboxylic acids is 2. The molecule has 3 fully saturated rings. The molecule has 41 heavy (non-hydrogen) atoms. The van der Waals surface area contributed by atoms with Gasteiger partial charge in [-0.3, -0.25) is 14.5 Å². The highest BCUT2D eigenvalue weighted by atomic mass is 127. The first-order chi connectivity index (χ1) is 19.2. The Hall–Kier alpha value is -2.51. The molecule has 2 aliphatic heterocycles. The fourth-order valence-electron chi connectivity index (χ4n) is 6.70. The van der Waals surface area contributed by atoms with E-state index in [1.165, 1.54) is 18.9 Å². The number of piperidine rings is 1. The number of amides is 2. The van der Waals surface area contributed by atoms with Gasteiger partial charge in [-0.1, -0.05) is 0 Å². The Morgan fingerprint density at radius 2 is 1.61 bits per heavy atom. The SMILES string of the molecule is O=C(Nc1cc(F)c2c(c1)C1(CCC(F)(F)CC1)C(=O)N2CC(F)(F)F)c1ccc(I)cc1N1CCC2(CC1)CC2. The third-order valence-electron chi connectivity index (χ3n) is 9.26. The molecular formula is C29H28F6IN3O2. The van der Waals surface area contributed by atoms with Gasteiger partial charge in [-0.15, -0.1) is 0 Å². The Kier molecular flexibility index (Phi) is 6.81. The number of halogens is 7. The molecule has 6 rings (SSSR count). The molecule has 12 heteroatoms. The fraction of sp³-hybridized carbons (Fsp3) is 0.517. The highest BCUT2D eigenvalue weighted by Gasteiger charge is 2.57. The summed E-state index contributed by atoms with van der Waals surface area (Å²) in [6.45, 7) is -0.126. The molecule has 0 unspecified atom stereocenters. The number of alkyl halides is 5. The Morgan fingerprint density at radius 3 is 2.22 bits per heavy atom. The minimum atomic E-state index is -4.83. The van der Waals surface area contributed by atoms with Gasteiger partial charge in [0.25, 0.3) is 5.91 Å². The van der Waals surface area contributed by atoms with Gasteiger partial charge >= 0.3 is 6.18 Å². The molecule has 4 aliphatic rings. The molecule has 220 valence electrons. The quantitative estimate of drug-likeness (QED) is 0.269. The summed E-state index contributed by atoms with van der Waals surface area (Å²) < 4.78 is 84.7. The van der Waals surface area contributed by atoms with E-state index in [1.807, 2.05) is 6.07 Å². The van der Waals surface area contributed by atoms with Crippen LogP contribution in [0.4, 0.5) is 43.4 Å². The molecule has 1 saturated heterocycles. The molecule has 1 N–H and O–H groups in total. The van der Waals surface area contributed by atoms with E-state index < -0.39 is 73.1 Å². The summed E-state index contributed by atoms with van der Waals surface area (Å²) in [5.74, 6) is -5.77. The van der Waals surface area contributed by atoms with Crippen LogP contribution in [-0.4, -0.2) is 43.5 Å². The van der Waals surface area contributed by atoms with Crippen molar-refractivity contribution in [1.82, 2.24) is 0 Å². The zero-order valence-electron chi connectivity index (χ0n) is 22.0. The van der Waals surface area contributed by atoms with Gasteiger partial charge < -0.3 is 10.2 Å². The van der Waals surface area contributed by atoms with Gasteiger partial charge in [0.15, 0.2) is 0 Å². The molecule has 2 heterocycles. The number of nitrogens with one attached hydrogen (secondary N) is 1. The van der Waals surface area contributed by atoms with Crippen molar-refractivity contribution in [1.29, 1.82) is 0 Å². The summed E-state index contributed by atoms with van der Waals surface area (Å²) in [6, 6.07) is 7.52. The van der Waals surface area contributed by atoms with E-state index in [0.717, 1.165) is 41.3 Å². The van der Waals surface area contributed by atoms with Gasteiger partial charge in [-0.05, 0) is 102 Å². The van der Waals surface area contributed by atoms with Gasteiger partial charge in [-0.25, -0.2) is 13.2 Å². The Bertz CT molecular complexity index is 1400. The third-order valence-corrected chi connectivity index (χ3v) is 9.93. The van der Waals surface area contributed by atoms with Crippen molar-refractivity contribution in [2.45, 2.75) is 68.9 Å². The third kappa shape index (κ3) is 5.29. The van der Waals surface area contributed by atoms with Gasteiger partial charge in [0.1, 0.15) is 12.4 Å². The van der Waals surface area contributed by atoms with Crippen LogP contribution >= 0.6 is 22.6 Å². The smallest absolute Gasteiger partial charge is 0.371 e. The Labute approximate surface area is 246 Å². The average molecular weight is 691 g/mol. The van der Waals surface area contributed by atoms with Gasteiger partial charge in [0.05, 0.1) is 22.4 Å². The molecule has 2 aliphatic carbocycles. The van der Waals surface area contributed by atoms with Crippen LogP contribution in [0.5, 0.6) is 0 Å². The van der Waals surface area contributed by atoms with Crippen molar-refractivity contribution in [3.63, 3.8) is 0 Å². The second-order valence-corrected chi connectivity index (χ2v) is 13.1. The number of hydrogen-bond donors (Lipinski definition) is 1. The number of fused-ring (bicyclic) bond motifs is 2. The lowest BCUT2D eigenvalue weighted by Crippen LogP contribution is -2.47. The van der Waals surface area contributed by atoms with Crippen LogP contribution in [-0.2, 0) is 10.2 Å². The summed E-state index contributed by atoms with van der Waals surface area (Å²) >= 11 is 2.17. The van der Waals surface area contributed by atoms with Crippen molar-refractivity contribution in [3.8, 4) is 0 Å². The summed E-state index contributed by atoms with van der Waals surface area (Å²) in [5.41, 5.74) is -0.892. The van der Waals surface area contributed by atoms with E-state index in [9.17, 15) is 31.5 Å². The summed E-state index contributed by atoms with van der Waals surface area (Å²) in [6.07, 6.45) is -2.55. The molecule has 2 aromatic rings. The lowest BCUT2D eigenvalue weighted by atomic mass is 9.69. The van der Waals surface area contributed by atoms with E-state index in [0.29, 0.717) is 15.9 Å². The minimum Gasteiger partial charge on any atom is -0.371 e. The molecule has 0 atom stereocenters. The van der Waals surface area contributed by atoms with Crippen molar-refractivity contribution in [2.75, 3.05) is 34.8 Å². The maximum atomic E-state index is 15.5. The first-order valence-corrected chi connectivity index (χ1v) is 14.8. The Balaban J connectivity index is 1.33. The molecule has 5 nitrogen and oxygen atoms in total. The second-order valence-electron chi connectivity index (χ2n) is 11.9. The summed E-state index contributed by atoms with van der Waals surface area (Å²) in [4.78, 5) is 29.4. The zero-order valence-corrected chi connectivity index (χ0v) is 24.2. The number of nitrogens with zero attached hydrogens (tertiary/aromatic N) is 2. The summed E-state index contributed by atoms with van der Waals surface area (Å²) in [5, 5.41) is 2.66. The van der Waals surface area contributed by atoms with Crippen molar-refractivity contribution in [2.24, 2.45) is 5.41 Å². The number of rotatable bonds is 4. The molecule has 2 aromatic carbocycles. The number of anilines is 3. The monoisotopic (exact) mass is 691 g/mol. The molecule has 2 amide bonds. The highest BCUT2D eigenvalue weighted by Crippen LogP contribution is 2.55. The second kappa shape index (κ2) is 9.77. The van der Waals surface area contributed by atoms with Crippen LogP contribution in [0, 0.1) is 14.8 Å². The lowest BCUT2D eigenvalue weighted by Gasteiger charge is -2.36. The minimum absolute atomic E-state index is 0.0512. The first kappa shape index (κ1) is 28.6. The summed E-state index contributed by atoms with van der Waals surface area (Å²) in [7, 11) is 0. The van der Waals surface area contributed by atoms with Crippen LogP contribution < -0.4 is 15.1 Å². The standard InChI is InChI=1S/C29H28F6IN3O2/c30-21-15-18(37-24(40)19-2-1-17(36)13-22(19)38-11-9-26(3-4-26)10-12-38)14-20-23(21)39(16-29(33,34)35)25(41)27(20)5-7-28(31,32)8-6-27/h1-2,13-15H,3-12,16H2,(H,37,40). The average Bonchev–Trinajstić information content (AvgIpc) is 3.61. The molecule has 2 spiro atoms. The molecule has 0 bridgehead atoms. The Morgan fingerprint density at radius 1 is 0.951 bits per heavy atom. The predicted molar refractivity (Wildman–Crippen MR) is 150 cm³/mol. The lowest BCUT2D eigenvalue weighted by molar-refractivity contribution is -0.137. The molecular weight excluding hydrogens is 663 g/mol. The molecule has 0 radical (unpaired) electrons. The van der Waals surface area contributed by atoms with Crippen LogP contribution in [0.25, 0.3) is 0 Å². The first-order valence-electron chi connectivity index (χ1n) is 13.7. The van der Waals surface area contributed by atoms with Gasteiger partial charge in [0, 0.05) is 35.2 Å². The van der Waals surface area contributed by atoms with E-state index in [2.05, 4.69) is 32.8 Å². The van der Waals surface area contributed by atoms with Crippen molar-refractivity contribution < 1.29 is 35.9 Å². The molecule has 2 saturated carbocycles. The zero-order chi connectivity index (χ0) is 29.4. The van der Waals surface area contributed by atoms with Gasteiger partial charge in [0.2, 0.25) is 11.8 Å². The fourth-order valence-corrected chi connectivity index (χ4v) is 7.17. The van der Waals surface area contributed by atoms with E-state index in [-0.39, 0.29) is 11.3 Å². The normalized spacial score (nSPS) is 22.3. The topological polar surface area (TPSA) is 52.7 Å². The van der Waals surface area contributed by atoms with Crippen LogP contribution in [0.1, 0.15) is 67.3 Å². The maximum Gasteiger partial charge on any atom is 0.406 e. The number of benzene rings is 2. The van der Waals surface area contributed by atoms with E-state index in [1.54, 1.807) is 12.1 Å². The van der Waals surface area contributed by atoms with E-state index in [4.69, 9.17) is 0 Å². The largest absolute Gasteiger partial charge is 0.406 e. The van der Waals surface area contributed by atoms with Crippen molar-refractivity contribution in [3.05, 3.63) is 50.8 Å². The van der Waals surface area contributed by atoms with E-state index >= 15 is 4.39 Å². The number of hydrogen-bond acceptors (Lipinski definition) is 3.